The number of aromatic nitrogens is 1. The molecule has 0 N–H and O–H groups in total. The molecule has 0 amide bonds. The van der Waals surface area contributed by atoms with E-state index in [0.29, 0.717) is 0 Å². The largest absolute Gasteiger partial charge is 0.231 e. The molecule has 0 aromatic carbocycles. The predicted molar refractivity (Wildman–Crippen MR) is 64.2 cm³/mol. The average molecular weight is 209 g/mol. The number of hydrogen-bond donors (Lipinski definition) is 0. The van der Waals surface area contributed by atoms with Gasteiger partial charge in [0.2, 0.25) is 0 Å². The topological polar surface area (TPSA) is 12.9 Å². The van der Waals surface area contributed by atoms with E-state index in [-0.39, 0.29) is 5.41 Å². The van der Waals surface area contributed by atoms with Crippen LogP contribution in [0.25, 0.3) is 0 Å². The number of rotatable bonds is 2. The van der Waals surface area contributed by atoms with Gasteiger partial charge in [-0.25, -0.2) is 4.75 Å². The molecular weight excluding hydrogens is 189 g/mol. The molecule has 0 aliphatic rings. The van der Waals surface area contributed by atoms with E-state index in [4.69, 9.17) is 0 Å². The molecule has 78 valence electrons. The van der Waals surface area contributed by atoms with Crippen molar-refractivity contribution in [2.24, 2.45) is 0 Å². The second-order valence-corrected chi connectivity index (χ2v) is 5.60. The van der Waals surface area contributed by atoms with E-state index in [9.17, 15) is 0 Å². The Labute approximate surface area is 89.1 Å². The maximum absolute atomic E-state index is 4.63. The third-order valence-electron chi connectivity index (χ3n) is 2.44. The minimum absolute atomic E-state index is 0.187. The Hall–Kier alpha value is -0.420. The van der Waals surface area contributed by atoms with Crippen LogP contribution in [0.4, 0.5) is 0 Å². The fourth-order valence-corrected chi connectivity index (χ4v) is 2.50. The normalized spacial score (nSPS) is 12.4. The first-order valence-electron chi connectivity index (χ1n) is 5.35. The second-order valence-electron chi connectivity index (χ2n) is 4.66. The molecule has 0 bridgehead atoms. The molecule has 1 nitrogen and oxygen atoms in total. The van der Waals surface area contributed by atoms with Crippen LogP contribution >= 0.6 is 8.35 Å². The molecule has 0 saturated carbocycles. The Bertz CT molecular complexity index is 313. The van der Waals surface area contributed by atoms with Gasteiger partial charge in [0.1, 0.15) is 0 Å². The summed E-state index contributed by atoms with van der Waals surface area (Å²) in [5, 5.41) is 1.49. The van der Waals surface area contributed by atoms with E-state index in [1.54, 1.807) is 0 Å². The quantitative estimate of drug-likeness (QED) is 0.715. The highest BCUT2D eigenvalue weighted by molar-refractivity contribution is 7.26. The van der Waals surface area contributed by atoms with Crippen molar-refractivity contribution >= 4 is 8.35 Å². The van der Waals surface area contributed by atoms with Gasteiger partial charge in [0, 0.05) is 19.1 Å². The molecule has 0 aliphatic heterocycles. The van der Waals surface area contributed by atoms with Crippen LogP contribution in [0.15, 0.2) is 6.07 Å². The fraction of sp³-hybridized carbons (Fsp3) is 0.667. The summed E-state index contributed by atoms with van der Waals surface area (Å²) >= 11 is 0. The molecule has 1 rings (SSSR count). The monoisotopic (exact) mass is 209 g/mol. The minimum Gasteiger partial charge on any atom is -0.231 e. The first-order valence-corrected chi connectivity index (χ1v) is 6.19. The van der Waals surface area contributed by atoms with Crippen molar-refractivity contribution in [3.05, 3.63) is 22.6 Å². The minimum atomic E-state index is 0.187. The molecule has 14 heavy (non-hydrogen) atoms. The molecule has 1 aromatic rings. The van der Waals surface area contributed by atoms with E-state index in [1.807, 2.05) is 0 Å². The lowest BCUT2D eigenvalue weighted by atomic mass is 9.91. The van der Waals surface area contributed by atoms with Gasteiger partial charge in [0.25, 0.3) is 0 Å². The Kier molecular flexibility index (Phi) is 3.66. The molecule has 1 heterocycles. The molecular formula is C12H20NP. The highest BCUT2D eigenvalue weighted by Crippen LogP contribution is 2.27. The lowest BCUT2D eigenvalue weighted by Crippen LogP contribution is -2.13. The van der Waals surface area contributed by atoms with Crippen LogP contribution in [-0.2, 0) is 18.3 Å². The first kappa shape index (κ1) is 11.7. The molecule has 1 aromatic heterocycles. The zero-order chi connectivity index (χ0) is 10.8. The van der Waals surface area contributed by atoms with Crippen LogP contribution in [0.1, 0.15) is 51.2 Å². The van der Waals surface area contributed by atoms with Crippen molar-refractivity contribution in [1.29, 1.82) is 0 Å². The van der Waals surface area contributed by atoms with Gasteiger partial charge in [-0.3, -0.25) is 0 Å². The van der Waals surface area contributed by atoms with E-state index in [2.05, 4.69) is 45.4 Å². The highest BCUT2D eigenvalue weighted by Gasteiger charge is 2.16. The Morgan fingerprint density at radius 2 is 1.86 bits per heavy atom. The lowest BCUT2D eigenvalue weighted by molar-refractivity contribution is 0.573. The summed E-state index contributed by atoms with van der Waals surface area (Å²) < 4.78 is 4.63. The lowest BCUT2D eigenvalue weighted by Gasteiger charge is -2.19. The SMILES string of the molecule is CCc1cc(C(C)(C)C)npc1CC. The Morgan fingerprint density at radius 1 is 1.21 bits per heavy atom. The van der Waals surface area contributed by atoms with Crippen molar-refractivity contribution in [3.8, 4) is 0 Å². The summed E-state index contributed by atoms with van der Waals surface area (Å²) in [4.78, 5) is 0. The highest BCUT2D eigenvalue weighted by atomic mass is 31.0. The van der Waals surface area contributed by atoms with Gasteiger partial charge in [0.15, 0.2) is 0 Å². The molecule has 0 fully saturated rings. The summed E-state index contributed by atoms with van der Waals surface area (Å²) in [5.41, 5.74) is 2.93. The zero-order valence-electron chi connectivity index (χ0n) is 9.89. The number of nitrogens with zero attached hydrogens (tertiary/aromatic N) is 1. The van der Waals surface area contributed by atoms with E-state index < -0.39 is 0 Å². The molecule has 0 spiro atoms. The van der Waals surface area contributed by atoms with Crippen LogP contribution in [0.2, 0.25) is 0 Å². The van der Waals surface area contributed by atoms with E-state index in [0.717, 1.165) is 12.8 Å². The van der Waals surface area contributed by atoms with Crippen LogP contribution in [0.5, 0.6) is 0 Å². The second kappa shape index (κ2) is 4.40. The average Bonchev–Trinajstić information content (AvgIpc) is 2.15. The predicted octanol–water partition coefficient (Wildman–Crippen LogP) is 4.08. The van der Waals surface area contributed by atoms with Crippen molar-refractivity contribution in [3.63, 3.8) is 0 Å². The van der Waals surface area contributed by atoms with Gasteiger partial charge < -0.3 is 0 Å². The van der Waals surface area contributed by atoms with Crippen LogP contribution < -0.4 is 0 Å². The van der Waals surface area contributed by atoms with Crippen molar-refractivity contribution < 1.29 is 0 Å². The molecule has 2 heteroatoms. The van der Waals surface area contributed by atoms with Gasteiger partial charge >= 0.3 is 0 Å². The summed E-state index contributed by atoms with van der Waals surface area (Å²) in [5.74, 6) is 0. The van der Waals surface area contributed by atoms with Crippen molar-refractivity contribution in [1.82, 2.24) is 4.75 Å². The maximum atomic E-state index is 4.63. The Balaban J connectivity index is 3.14. The van der Waals surface area contributed by atoms with Crippen LogP contribution in [0, 0.1) is 0 Å². The van der Waals surface area contributed by atoms with E-state index >= 15 is 0 Å². The molecule has 0 unspecified atom stereocenters. The van der Waals surface area contributed by atoms with Crippen molar-refractivity contribution in [2.75, 3.05) is 0 Å². The number of hydrogen-bond acceptors (Lipinski definition) is 1. The van der Waals surface area contributed by atoms with Gasteiger partial charge in [-0.2, -0.15) is 0 Å². The summed E-state index contributed by atoms with van der Waals surface area (Å²) in [6.07, 6.45) is 2.26. The molecule has 0 atom stereocenters. The van der Waals surface area contributed by atoms with Crippen molar-refractivity contribution in [2.45, 2.75) is 52.9 Å². The van der Waals surface area contributed by atoms with Crippen LogP contribution in [0.3, 0.4) is 0 Å². The number of aryl methyl sites for hydroxylation is 2. The molecule has 0 radical (unpaired) electrons. The van der Waals surface area contributed by atoms with Gasteiger partial charge in [-0.1, -0.05) is 34.6 Å². The third kappa shape index (κ3) is 2.54. The van der Waals surface area contributed by atoms with Gasteiger partial charge in [0.05, 0.1) is 5.69 Å². The van der Waals surface area contributed by atoms with Gasteiger partial charge in [-0.05, 0) is 24.5 Å². The Morgan fingerprint density at radius 3 is 2.29 bits per heavy atom. The summed E-state index contributed by atoms with van der Waals surface area (Å²) in [7, 11) is 1.17. The molecule has 0 saturated heterocycles. The summed E-state index contributed by atoms with van der Waals surface area (Å²) in [6, 6.07) is 2.29. The smallest absolute Gasteiger partial charge is 0.0509 e. The fourth-order valence-electron chi connectivity index (χ4n) is 1.43. The van der Waals surface area contributed by atoms with E-state index in [1.165, 1.54) is 24.9 Å². The third-order valence-corrected chi connectivity index (χ3v) is 3.60. The standard InChI is InChI=1S/C12H20NP/c1-6-9-8-11(12(3,4)5)13-14-10(9)7-2/h8H,6-7H2,1-5H3. The first-order chi connectivity index (χ1) is 6.49. The van der Waals surface area contributed by atoms with Gasteiger partial charge in [-0.15, -0.1) is 0 Å². The zero-order valence-corrected chi connectivity index (χ0v) is 10.8. The maximum Gasteiger partial charge on any atom is 0.0509 e. The summed E-state index contributed by atoms with van der Waals surface area (Å²) in [6.45, 7) is 11.1. The van der Waals surface area contributed by atoms with Crippen LogP contribution in [-0.4, -0.2) is 4.75 Å². The molecule has 0 aliphatic carbocycles.